The maximum absolute atomic E-state index is 12.6. The molecule has 0 bridgehead atoms. The number of guanidine groups is 1. The molecule has 0 saturated carbocycles. The third-order valence-electron chi connectivity index (χ3n) is 4.77. The molecule has 2 aromatic heterocycles. The van der Waals surface area contributed by atoms with Gasteiger partial charge in [0.25, 0.3) is 0 Å². The van der Waals surface area contributed by atoms with Crippen molar-refractivity contribution >= 4 is 29.0 Å². The molecule has 3 heterocycles. The fourth-order valence-electron chi connectivity index (χ4n) is 3.24. The van der Waals surface area contributed by atoms with Gasteiger partial charge < -0.3 is 20.4 Å². The smallest absolute Gasteiger partial charge is 0.224 e. The number of hydrogen-bond donors (Lipinski definition) is 2. The molecule has 0 unspecified atom stereocenters. The lowest BCUT2D eigenvalue weighted by Gasteiger charge is -2.35. The van der Waals surface area contributed by atoms with E-state index in [-0.39, 0.29) is 5.91 Å². The van der Waals surface area contributed by atoms with Crippen LogP contribution >= 0.6 is 11.3 Å². The number of hydrogen-bond acceptors (Lipinski definition) is 5. The first kappa shape index (κ1) is 21.1. The quantitative estimate of drug-likeness (QED) is 0.537. The number of anilines is 1. The van der Waals surface area contributed by atoms with Gasteiger partial charge in [-0.3, -0.25) is 4.79 Å². The highest BCUT2D eigenvalue weighted by atomic mass is 32.1. The van der Waals surface area contributed by atoms with E-state index in [0.29, 0.717) is 19.5 Å². The van der Waals surface area contributed by atoms with E-state index in [1.165, 1.54) is 9.75 Å². The van der Waals surface area contributed by atoms with E-state index >= 15 is 0 Å². The summed E-state index contributed by atoms with van der Waals surface area (Å²) in [5.74, 6) is 1.92. The van der Waals surface area contributed by atoms with E-state index in [1.54, 1.807) is 11.3 Å². The number of rotatable bonds is 7. The van der Waals surface area contributed by atoms with Crippen LogP contribution in [0.5, 0.6) is 0 Å². The van der Waals surface area contributed by atoms with Crippen molar-refractivity contribution in [3.63, 3.8) is 0 Å². The standard InChI is InChI=1S/C21H30N6OS/c1-3-22-21(25-16-18-8-7-17(2)29-18)24-11-9-20(28)27-14-12-26(13-15-27)19-6-4-5-10-23-19/h4-8,10H,3,9,11-16H2,1-2H3,(H2,22,24,25). The molecular formula is C21H30N6OS. The Bertz CT molecular complexity index is 799. The predicted octanol–water partition coefficient (Wildman–Crippen LogP) is 2.25. The lowest BCUT2D eigenvalue weighted by molar-refractivity contribution is -0.131. The Labute approximate surface area is 176 Å². The second-order valence-corrected chi connectivity index (χ2v) is 8.31. The van der Waals surface area contributed by atoms with Crippen LogP contribution in [0.25, 0.3) is 0 Å². The fraction of sp³-hybridized carbons (Fsp3) is 0.476. The molecule has 8 heteroatoms. The summed E-state index contributed by atoms with van der Waals surface area (Å²) in [5.41, 5.74) is 0. The van der Waals surface area contributed by atoms with Crippen LogP contribution in [0.15, 0.2) is 41.5 Å². The highest BCUT2D eigenvalue weighted by molar-refractivity contribution is 7.11. The number of carbonyl (C=O) groups is 1. The van der Waals surface area contributed by atoms with Gasteiger partial charge in [0.05, 0.1) is 6.54 Å². The maximum atomic E-state index is 12.6. The van der Waals surface area contributed by atoms with E-state index in [9.17, 15) is 4.79 Å². The van der Waals surface area contributed by atoms with E-state index < -0.39 is 0 Å². The van der Waals surface area contributed by atoms with Crippen molar-refractivity contribution < 1.29 is 4.79 Å². The number of aliphatic imine (C=N–C) groups is 1. The number of amides is 1. The average molecular weight is 415 g/mol. The minimum absolute atomic E-state index is 0.183. The SMILES string of the molecule is CCNC(=NCc1ccc(C)s1)NCCC(=O)N1CCN(c2ccccn2)CC1. The van der Waals surface area contributed by atoms with E-state index in [4.69, 9.17) is 0 Å². The predicted molar refractivity (Wildman–Crippen MR) is 120 cm³/mol. The molecule has 0 spiro atoms. The molecule has 0 radical (unpaired) electrons. The van der Waals surface area contributed by atoms with Crippen LogP contribution < -0.4 is 15.5 Å². The monoisotopic (exact) mass is 414 g/mol. The van der Waals surface area contributed by atoms with Crippen LogP contribution in [0.2, 0.25) is 0 Å². The Balaban J connectivity index is 1.41. The maximum Gasteiger partial charge on any atom is 0.224 e. The first-order valence-electron chi connectivity index (χ1n) is 10.2. The molecule has 1 saturated heterocycles. The highest BCUT2D eigenvalue weighted by Gasteiger charge is 2.21. The van der Waals surface area contributed by atoms with E-state index in [0.717, 1.165) is 44.5 Å². The van der Waals surface area contributed by atoms with Gasteiger partial charge in [0.15, 0.2) is 5.96 Å². The molecule has 7 nitrogen and oxygen atoms in total. The van der Waals surface area contributed by atoms with Gasteiger partial charge in [-0.25, -0.2) is 9.98 Å². The first-order valence-corrected chi connectivity index (χ1v) is 11.0. The summed E-state index contributed by atoms with van der Waals surface area (Å²) in [6.07, 6.45) is 2.27. The van der Waals surface area contributed by atoms with Crippen LogP contribution in [-0.4, -0.2) is 61.0 Å². The van der Waals surface area contributed by atoms with Crippen molar-refractivity contribution in [2.24, 2.45) is 4.99 Å². The number of piperazine rings is 1. The first-order chi connectivity index (χ1) is 14.2. The topological polar surface area (TPSA) is 72.9 Å². The van der Waals surface area contributed by atoms with Crippen molar-refractivity contribution in [2.45, 2.75) is 26.8 Å². The number of nitrogens with zero attached hydrogens (tertiary/aromatic N) is 4. The van der Waals surface area contributed by atoms with Gasteiger partial charge in [-0.2, -0.15) is 0 Å². The van der Waals surface area contributed by atoms with Crippen LogP contribution in [0.4, 0.5) is 5.82 Å². The zero-order valence-corrected chi connectivity index (χ0v) is 18.0. The number of thiophene rings is 1. The average Bonchev–Trinajstić information content (AvgIpc) is 3.18. The Morgan fingerprint density at radius 2 is 2.00 bits per heavy atom. The number of aryl methyl sites for hydroxylation is 1. The van der Waals surface area contributed by atoms with Gasteiger partial charge >= 0.3 is 0 Å². The molecule has 1 amide bonds. The molecule has 1 fully saturated rings. The van der Waals surface area contributed by atoms with Crippen molar-refractivity contribution in [1.29, 1.82) is 0 Å². The summed E-state index contributed by atoms with van der Waals surface area (Å²) in [4.78, 5) is 28.3. The molecule has 2 N–H and O–H groups in total. The molecular weight excluding hydrogens is 384 g/mol. The number of aromatic nitrogens is 1. The Kier molecular flexibility index (Phi) is 7.86. The minimum Gasteiger partial charge on any atom is -0.357 e. The summed E-state index contributed by atoms with van der Waals surface area (Å²) >= 11 is 1.76. The van der Waals surface area contributed by atoms with Crippen molar-refractivity contribution in [3.05, 3.63) is 46.3 Å². The second-order valence-electron chi connectivity index (χ2n) is 6.94. The molecule has 0 aromatic carbocycles. The molecule has 1 aliphatic rings. The summed E-state index contributed by atoms with van der Waals surface area (Å²) < 4.78 is 0. The van der Waals surface area contributed by atoms with Crippen LogP contribution in [0, 0.1) is 6.92 Å². The summed E-state index contributed by atoms with van der Waals surface area (Å²) in [6.45, 7) is 9.27. The summed E-state index contributed by atoms with van der Waals surface area (Å²) in [5, 5.41) is 6.52. The molecule has 0 atom stereocenters. The van der Waals surface area contributed by atoms with Crippen LogP contribution in [-0.2, 0) is 11.3 Å². The van der Waals surface area contributed by atoms with Gasteiger partial charge in [-0.15, -0.1) is 11.3 Å². The molecule has 2 aromatic rings. The molecule has 156 valence electrons. The van der Waals surface area contributed by atoms with Gasteiger partial charge in [-0.05, 0) is 38.1 Å². The number of pyridine rings is 1. The van der Waals surface area contributed by atoms with Crippen molar-refractivity contribution in [2.75, 3.05) is 44.2 Å². The number of carbonyl (C=O) groups excluding carboxylic acids is 1. The van der Waals surface area contributed by atoms with Crippen molar-refractivity contribution in [1.82, 2.24) is 20.5 Å². The van der Waals surface area contributed by atoms with E-state index in [2.05, 4.69) is 44.6 Å². The summed E-state index contributed by atoms with van der Waals surface area (Å²) in [6, 6.07) is 10.2. The Morgan fingerprint density at radius 1 is 1.17 bits per heavy atom. The summed E-state index contributed by atoms with van der Waals surface area (Å²) in [7, 11) is 0. The lowest BCUT2D eigenvalue weighted by atomic mass is 10.2. The normalized spacial score (nSPS) is 14.8. The zero-order chi connectivity index (χ0) is 20.5. The lowest BCUT2D eigenvalue weighted by Crippen LogP contribution is -2.49. The largest absolute Gasteiger partial charge is 0.357 e. The Hall–Kier alpha value is -2.61. The zero-order valence-electron chi connectivity index (χ0n) is 17.2. The van der Waals surface area contributed by atoms with Crippen LogP contribution in [0.1, 0.15) is 23.1 Å². The molecule has 1 aliphatic heterocycles. The van der Waals surface area contributed by atoms with Gasteiger partial charge in [0.1, 0.15) is 5.82 Å². The minimum atomic E-state index is 0.183. The Morgan fingerprint density at radius 3 is 2.66 bits per heavy atom. The number of nitrogens with one attached hydrogen (secondary N) is 2. The molecule has 29 heavy (non-hydrogen) atoms. The molecule has 3 rings (SSSR count). The van der Waals surface area contributed by atoms with Gasteiger partial charge in [-0.1, -0.05) is 6.07 Å². The fourth-order valence-corrected chi connectivity index (χ4v) is 4.06. The molecule has 0 aliphatic carbocycles. The second kappa shape index (κ2) is 10.8. The highest BCUT2D eigenvalue weighted by Crippen LogP contribution is 2.15. The van der Waals surface area contributed by atoms with Gasteiger partial charge in [0, 0.05) is 61.6 Å². The van der Waals surface area contributed by atoms with E-state index in [1.807, 2.05) is 36.2 Å². The van der Waals surface area contributed by atoms with Gasteiger partial charge in [0.2, 0.25) is 5.91 Å². The van der Waals surface area contributed by atoms with Crippen molar-refractivity contribution in [3.8, 4) is 0 Å². The van der Waals surface area contributed by atoms with Crippen LogP contribution in [0.3, 0.4) is 0 Å². The third kappa shape index (κ3) is 6.45. The third-order valence-corrected chi connectivity index (χ3v) is 5.76.